The average molecular weight is 626 g/mol. The van der Waals surface area contributed by atoms with Gasteiger partial charge in [0.1, 0.15) is 0 Å². The number of carbonyl (C=O) groups excluding carboxylic acids is 4. The highest BCUT2D eigenvalue weighted by Gasteiger charge is 2.40. The molecule has 0 aromatic heterocycles. The van der Waals surface area contributed by atoms with Crippen molar-refractivity contribution in [1.29, 1.82) is 0 Å². The Morgan fingerprint density at radius 3 is 1.39 bits per heavy atom. The maximum atomic E-state index is 13.6. The van der Waals surface area contributed by atoms with Crippen molar-refractivity contribution < 1.29 is 19.2 Å². The summed E-state index contributed by atoms with van der Waals surface area (Å²) < 4.78 is 0.492. The molecule has 6 nitrogen and oxygen atoms in total. The fourth-order valence-corrected chi connectivity index (χ4v) is 6.83. The van der Waals surface area contributed by atoms with E-state index in [2.05, 4.69) is 29.8 Å². The number of unbranched alkanes of at least 4 members (excludes halogenated alkanes) is 14. The Labute approximate surface area is 253 Å². The molecule has 4 rings (SSSR count). The van der Waals surface area contributed by atoms with E-state index in [-0.39, 0.29) is 23.6 Å². The third-order valence-corrected chi connectivity index (χ3v) is 9.22. The molecule has 0 fully saturated rings. The highest BCUT2D eigenvalue weighted by molar-refractivity contribution is 9.10. The molecular formula is C34H45BrN2O4. The van der Waals surface area contributed by atoms with Gasteiger partial charge < -0.3 is 0 Å². The molecule has 0 unspecified atom stereocenters. The summed E-state index contributed by atoms with van der Waals surface area (Å²) in [7, 11) is 0. The van der Waals surface area contributed by atoms with Crippen LogP contribution >= 0.6 is 15.9 Å². The fourth-order valence-electron chi connectivity index (χ4n) is 6.24. The molecule has 2 heterocycles. The fraction of sp³-hybridized carbons (Fsp3) is 0.588. The maximum absolute atomic E-state index is 13.6. The SMILES string of the molecule is CCCCCCCCCCN1C(=O)c2ccc3c4c(c(Br)cc(c24)C1=O)C(=O)N(CCCCCCCCCC)C3=O. The number of rotatable bonds is 18. The summed E-state index contributed by atoms with van der Waals surface area (Å²) in [5, 5.41) is 0.874. The van der Waals surface area contributed by atoms with E-state index in [4.69, 9.17) is 0 Å². The Morgan fingerprint density at radius 1 is 0.512 bits per heavy atom. The van der Waals surface area contributed by atoms with Gasteiger partial charge in [0.25, 0.3) is 23.6 Å². The van der Waals surface area contributed by atoms with Crippen LogP contribution in [0.5, 0.6) is 0 Å². The van der Waals surface area contributed by atoms with Gasteiger partial charge in [-0.05, 0) is 47.0 Å². The van der Waals surface area contributed by atoms with Gasteiger partial charge in [-0.3, -0.25) is 29.0 Å². The lowest BCUT2D eigenvalue weighted by Gasteiger charge is -2.32. The smallest absolute Gasteiger partial charge is 0.262 e. The molecule has 2 aliphatic rings. The Bertz CT molecular complexity index is 1290. The van der Waals surface area contributed by atoms with Crippen molar-refractivity contribution in [3.8, 4) is 0 Å². The molecule has 4 amide bonds. The first kappa shape index (κ1) is 31.4. The van der Waals surface area contributed by atoms with Crippen molar-refractivity contribution in [3.63, 3.8) is 0 Å². The second kappa shape index (κ2) is 15.1. The lowest BCUT2D eigenvalue weighted by Crippen LogP contribution is -2.44. The molecule has 2 aromatic carbocycles. The molecule has 2 aliphatic heterocycles. The van der Waals surface area contributed by atoms with Gasteiger partial charge in [0.15, 0.2) is 0 Å². The Kier molecular flexibility index (Phi) is 11.5. The second-order valence-electron chi connectivity index (χ2n) is 11.7. The first-order chi connectivity index (χ1) is 19.9. The molecule has 0 spiro atoms. The van der Waals surface area contributed by atoms with Crippen molar-refractivity contribution in [1.82, 2.24) is 9.80 Å². The number of carbonyl (C=O) groups is 4. The van der Waals surface area contributed by atoms with E-state index in [1.807, 2.05) is 0 Å². The molecule has 0 saturated carbocycles. The molecule has 0 saturated heterocycles. The van der Waals surface area contributed by atoms with E-state index in [1.54, 1.807) is 18.2 Å². The first-order valence-corrected chi connectivity index (χ1v) is 16.7. The number of imide groups is 2. The molecule has 222 valence electrons. The van der Waals surface area contributed by atoms with Crippen molar-refractivity contribution in [2.75, 3.05) is 13.1 Å². The quantitative estimate of drug-likeness (QED) is 0.122. The van der Waals surface area contributed by atoms with Gasteiger partial charge in [0, 0.05) is 45.0 Å². The van der Waals surface area contributed by atoms with E-state index in [0.717, 1.165) is 38.5 Å². The number of hydrogen-bond donors (Lipinski definition) is 0. The van der Waals surface area contributed by atoms with Crippen LogP contribution in [0.3, 0.4) is 0 Å². The molecule has 2 aromatic rings. The molecule has 0 N–H and O–H groups in total. The molecule has 0 radical (unpaired) electrons. The normalized spacial score (nSPS) is 14.6. The van der Waals surface area contributed by atoms with E-state index in [1.165, 1.54) is 74.0 Å². The van der Waals surface area contributed by atoms with Crippen LogP contribution in [0, 0.1) is 0 Å². The topological polar surface area (TPSA) is 74.8 Å². The van der Waals surface area contributed by atoms with Crippen LogP contribution < -0.4 is 0 Å². The predicted octanol–water partition coefficient (Wildman–Crippen LogP) is 9.08. The van der Waals surface area contributed by atoms with Crippen LogP contribution in [0.25, 0.3) is 10.8 Å². The standard InChI is InChI=1S/C34H45BrN2O4/c1-3-5-7-9-11-13-15-17-21-36-31(38)24-19-20-25-29-28(24)26(33(36)40)23-27(35)30(29)34(41)37(32(25)39)22-18-16-14-12-10-8-6-4-2/h19-20,23H,3-18,21-22H2,1-2H3. The summed E-state index contributed by atoms with van der Waals surface area (Å²) in [6.45, 7) is 5.16. The predicted molar refractivity (Wildman–Crippen MR) is 168 cm³/mol. The number of hydrogen-bond acceptors (Lipinski definition) is 4. The van der Waals surface area contributed by atoms with Crippen LogP contribution in [0.4, 0.5) is 0 Å². The van der Waals surface area contributed by atoms with Gasteiger partial charge in [0.2, 0.25) is 0 Å². The van der Waals surface area contributed by atoms with Gasteiger partial charge in [-0.2, -0.15) is 0 Å². The zero-order chi connectivity index (χ0) is 29.4. The van der Waals surface area contributed by atoms with Gasteiger partial charge in [-0.25, -0.2) is 0 Å². The van der Waals surface area contributed by atoms with Crippen molar-refractivity contribution >= 4 is 50.3 Å². The van der Waals surface area contributed by atoms with Gasteiger partial charge in [-0.15, -0.1) is 0 Å². The van der Waals surface area contributed by atoms with Crippen LogP contribution in [-0.2, 0) is 0 Å². The van der Waals surface area contributed by atoms with Gasteiger partial charge >= 0.3 is 0 Å². The largest absolute Gasteiger partial charge is 0.274 e. The maximum Gasteiger partial charge on any atom is 0.262 e. The van der Waals surface area contributed by atoms with Crippen LogP contribution in [0.2, 0.25) is 0 Å². The number of benzene rings is 2. The highest BCUT2D eigenvalue weighted by atomic mass is 79.9. The number of amides is 4. The first-order valence-electron chi connectivity index (χ1n) is 15.9. The van der Waals surface area contributed by atoms with Crippen LogP contribution in [0.1, 0.15) is 158 Å². The molecule has 0 bridgehead atoms. The minimum Gasteiger partial charge on any atom is -0.274 e. The monoisotopic (exact) mass is 624 g/mol. The molecule has 0 atom stereocenters. The van der Waals surface area contributed by atoms with E-state index in [0.29, 0.717) is 50.6 Å². The zero-order valence-electron chi connectivity index (χ0n) is 24.9. The highest BCUT2D eigenvalue weighted by Crippen LogP contribution is 2.41. The Balaban J connectivity index is 1.46. The third-order valence-electron chi connectivity index (χ3n) is 8.59. The second-order valence-corrected chi connectivity index (χ2v) is 12.5. The van der Waals surface area contributed by atoms with Gasteiger partial charge in [0.05, 0.1) is 5.56 Å². The lowest BCUT2D eigenvalue weighted by molar-refractivity contribution is 0.0585. The number of nitrogens with zero attached hydrogens (tertiary/aromatic N) is 2. The van der Waals surface area contributed by atoms with Crippen molar-refractivity contribution in [2.24, 2.45) is 0 Å². The zero-order valence-corrected chi connectivity index (χ0v) is 26.5. The molecule has 7 heteroatoms. The molecular weight excluding hydrogens is 580 g/mol. The minimum atomic E-state index is -0.359. The summed E-state index contributed by atoms with van der Waals surface area (Å²) in [6.07, 6.45) is 18.0. The van der Waals surface area contributed by atoms with Crippen molar-refractivity contribution in [2.45, 2.75) is 117 Å². The average Bonchev–Trinajstić information content (AvgIpc) is 2.96. The summed E-state index contributed by atoms with van der Waals surface area (Å²) in [5.41, 5.74) is 1.53. The third kappa shape index (κ3) is 6.93. The molecule has 0 aliphatic carbocycles. The van der Waals surface area contributed by atoms with Crippen molar-refractivity contribution in [3.05, 3.63) is 44.9 Å². The Morgan fingerprint density at radius 2 is 0.902 bits per heavy atom. The van der Waals surface area contributed by atoms with Crippen LogP contribution in [0.15, 0.2) is 22.7 Å². The molecule has 41 heavy (non-hydrogen) atoms. The summed E-state index contributed by atoms with van der Waals surface area (Å²) in [4.78, 5) is 56.8. The lowest BCUT2D eigenvalue weighted by atomic mass is 9.85. The van der Waals surface area contributed by atoms with E-state index in [9.17, 15) is 19.2 Å². The van der Waals surface area contributed by atoms with E-state index >= 15 is 0 Å². The summed E-state index contributed by atoms with van der Waals surface area (Å²) >= 11 is 3.54. The van der Waals surface area contributed by atoms with Gasteiger partial charge in [-0.1, -0.05) is 104 Å². The Hall–Kier alpha value is -2.54. The minimum absolute atomic E-state index is 0.341. The van der Waals surface area contributed by atoms with E-state index < -0.39 is 0 Å². The summed E-state index contributed by atoms with van der Waals surface area (Å²) in [6, 6.07) is 4.99. The van der Waals surface area contributed by atoms with Crippen LogP contribution in [-0.4, -0.2) is 46.5 Å². The number of halogens is 1. The summed E-state index contributed by atoms with van der Waals surface area (Å²) in [5.74, 6) is -1.40.